The van der Waals surface area contributed by atoms with Crippen molar-refractivity contribution in [1.29, 1.82) is 0 Å². The fraction of sp³-hybridized carbons (Fsp3) is 0.864. The summed E-state index contributed by atoms with van der Waals surface area (Å²) in [5.41, 5.74) is 0. The zero-order chi connectivity index (χ0) is 22.8. The predicted octanol–water partition coefficient (Wildman–Crippen LogP) is 1.72. The summed E-state index contributed by atoms with van der Waals surface area (Å²) in [5, 5.41) is 4.22. The highest BCUT2D eigenvalue weighted by molar-refractivity contribution is 7.86. The van der Waals surface area contributed by atoms with Gasteiger partial charge in [0.1, 0.15) is 0 Å². The third kappa shape index (κ3) is 4.96. The van der Waals surface area contributed by atoms with Gasteiger partial charge in [-0.3, -0.25) is 4.79 Å². The minimum absolute atomic E-state index is 0.0863. The molecule has 0 spiro atoms. The summed E-state index contributed by atoms with van der Waals surface area (Å²) in [6.07, 6.45) is 6.77. The molecule has 5 heterocycles. The highest BCUT2D eigenvalue weighted by Gasteiger charge is 2.39. The van der Waals surface area contributed by atoms with E-state index in [9.17, 15) is 13.2 Å². The summed E-state index contributed by atoms with van der Waals surface area (Å²) < 4.78 is 40.0. The Morgan fingerprint density at radius 1 is 0.848 bits per heavy atom. The Balaban J connectivity index is 1.15. The third-order valence-electron chi connectivity index (χ3n) is 7.65. The second-order valence-electron chi connectivity index (χ2n) is 9.79. The minimum atomic E-state index is -3.45. The molecular formula is C22H35N5O5S. The van der Waals surface area contributed by atoms with E-state index in [-0.39, 0.29) is 17.7 Å². The predicted molar refractivity (Wildman–Crippen MR) is 120 cm³/mol. The molecule has 0 radical (unpaired) electrons. The number of ether oxygens (including phenoxy) is 1. The highest BCUT2D eigenvalue weighted by Crippen LogP contribution is 2.32. The summed E-state index contributed by atoms with van der Waals surface area (Å²) in [5.74, 6) is 1.79. The van der Waals surface area contributed by atoms with E-state index in [2.05, 4.69) is 10.1 Å². The van der Waals surface area contributed by atoms with Gasteiger partial charge in [0, 0.05) is 64.3 Å². The van der Waals surface area contributed by atoms with Gasteiger partial charge >= 0.3 is 0 Å². The van der Waals surface area contributed by atoms with Crippen LogP contribution in [0.15, 0.2) is 4.52 Å². The van der Waals surface area contributed by atoms with Crippen LogP contribution in [0.4, 0.5) is 0 Å². The molecule has 1 unspecified atom stereocenters. The average Bonchev–Trinajstić information content (AvgIpc) is 3.58. The molecule has 4 aliphatic rings. The molecule has 1 aromatic heterocycles. The number of aromatic nitrogens is 2. The standard InChI is InChI=1S/C22H35N5O5S/c28-22(19-4-3-11-27(16-19)33(29,30)26-9-1-2-10-26)25-12-5-18(6-13-25)21-23-20(24-32-21)17-7-14-31-15-8-17/h17-19H,1-16H2. The fourth-order valence-corrected chi connectivity index (χ4v) is 7.35. The van der Waals surface area contributed by atoms with Crippen LogP contribution in [-0.2, 0) is 19.7 Å². The van der Waals surface area contributed by atoms with E-state index in [4.69, 9.17) is 9.26 Å². The number of hydrogen-bond acceptors (Lipinski definition) is 7. The van der Waals surface area contributed by atoms with Gasteiger partial charge in [-0.1, -0.05) is 5.16 Å². The first-order chi connectivity index (χ1) is 16.0. The van der Waals surface area contributed by atoms with Crippen molar-refractivity contribution in [3.05, 3.63) is 11.7 Å². The number of rotatable bonds is 5. The van der Waals surface area contributed by atoms with E-state index in [0.717, 1.165) is 70.4 Å². The fourth-order valence-electron chi connectivity index (χ4n) is 5.58. The molecule has 33 heavy (non-hydrogen) atoms. The molecule has 10 nitrogen and oxygen atoms in total. The topological polar surface area (TPSA) is 109 Å². The summed E-state index contributed by atoms with van der Waals surface area (Å²) in [7, 11) is -3.45. The smallest absolute Gasteiger partial charge is 0.281 e. The van der Waals surface area contributed by atoms with E-state index < -0.39 is 10.2 Å². The quantitative estimate of drug-likeness (QED) is 0.630. The number of carbonyl (C=O) groups excluding carboxylic acids is 1. The first-order valence-electron chi connectivity index (χ1n) is 12.5. The second-order valence-corrected chi connectivity index (χ2v) is 11.7. The van der Waals surface area contributed by atoms with Crippen molar-refractivity contribution in [1.82, 2.24) is 23.7 Å². The summed E-state index contributed by atoms with van der Waals surface area (Å²) >= 11 is 0. The Kier molecular flexibility index (Phi) is 7.01. The highest BCUT2D eigenvalue weighted by atomic mass is 32.2. The van der Waals surface area contributed by atoms with Crippen molar-refractivity contribution in [3.63, 3.8) is 0 Å². The van der Waals surface area contributed by atoms with Crippen LogP contribution < -0.4 is 0 Å². The Hall–Kier alpha value is -1.56. The molecule has 0 aromatic carbocycles. The molecule has 1 aromatic rings. The van der Waals surface area contributed by atoms with Gasteiger partial charge in [0.05, 0.1) is 5.92 Å². The van der Waals surface area contributed by atoms with Crippen LogP contribution in [0.2, 0.25) is 0 Å². The lowest BCUT2D eigenvalue weighted by Crippen LogP contribution is -2.51. The van der Waals surface area contributed by atoms with E-state index in [1.807, 2.05) is 4.90 Å². The van der Waals surface area contributed by atoms with E-state index >= 15 is 0 Å². The third-order valence-corrected chi connectivity index (χ3v) is 9.65. The van der Waals surface area contributed by atoms with Gasteiger partial charge in [0.15, 0.2) is 5.82 Å². The molecule has 4 aliphatic heterocycles. The Labute approximate surface area is 195 Å². The van der Waals surface area contributed by atoms with Crippen molar-refractivity contribution in [2.45, 2.75) is 63.2 Å². The largest absolute Gasteiger partial charge is 0.381 e. The molecule has 11 heteroatoms. The zero-order valence-corrected chi connectivity index (χ0v) is 20.0. The lowest BCUT2D eigenvalue weighted by Gasteiger charge is -2.37. The second kappa shape index (κ2) is 9.97. The Morgan fingerprint density at radius 2 is 1.55 bits per heavy atom. The van der Waals surface area contributed by atoms with Gasteiger partial charge < -0.3 is 14.2 Å². The van der Waals surface area contributed by atoms with Crippen LogP contribution in [0.1, 0.15) is 74.9 Å². The SMILES string of the molecule is O=C(C1CCCN(S(=O)(=O)N2CCCC2)C1)N1CCC(c2nc(C3CCOCC3)no2)CC1. The van der Waals surface area contributed by atoms with Gasteiger partial charge in [0.2, 0.25) is 11.8 Å². The van der Waals surface area contributed by atoms with Gasteiger partial charge in [-0.25, -0.2) is 0 Å². The monoisotopic (exact) mass is 481 g/mol. The molecule has 4 fully saturated rings. The molecule has 0 saturated carbocycles. The van der Waals surface area contributed by atoms with Crippen molar-refractivity contribution in [3.8, 4) is 0 Å². The van der Waals surface area contributed by atoms with Crippen LogP contribution in [0.5, 0.6) is 0 Å². The maximum atomic E-state index is 13.2. The van der Waals surface area contributed by atoms with Crippen LogP contribution in [0, 0.1) is 5.92 Å². The van der Waals surface area contributed by atoms with Crippen molar-refractivity contribution < 1.29 is 22.5 Å². The molecule has 0 aliphatic carbocycles. The van der Waals surface area contributed by atoms with Gasteiger partial charge in [-0.05, 0) is 51.4 Å². The molecule has 184 valence electrons. The normalized spacial score (nSPS) is 27.3. The maximum Gasteiger partial charge on any atom is 0.281 e. The Morgan fingerprint density at radius 3 is 2.27 bits per heavy atom. The number of amides is 1. The van der Waals surface area contributed by atoms with Gasteiger partial charge in [-0.2, -0.15) is 22.0 Å². The van der Waals surface area contributed by atoms with Crippen molar-refractivity contribution in [2.75, 3.05) is 52.5 Å². The summed E-state index contributed by atoms with van der Waals surface area (Å²) in [6.45, 7) is 4.78. The van der Waals surface area contributed by atoms with Crippen LogP contribution >= 0.6 is 0 Å². The first-order valence-corrected chi connectivity index (χ1v) is 13.9. The lowest BCUT2D eigenvalue weighted by molar-refractivity contribution is -0.137. The molecule has 4 saturated heterocycles. The summed E-state index contributed by atoms with van der Waals surface area (Å²) in [6, 6.07) is 0. The average molecular weight is 482 g/mol. The number of nitrogens with zero attached hydrogens (tertiary/aromatic N) is 5. The van der Waals surface area contributed by atoms with E-state index in [1.165, 1.54) is 4.31 Å². The van der Waals surface area contributed by atoms with Crippen LogP contribution in [0.3, 0.4) is 0 Å². The van der Waals surface area contributed by atoms with E-state index in [0.29, 0.717) is 51.1 Å². The molecular weight excluding hydrogens is 446 g/mol. The van der Waals surface area contributed by atoms with Gasteiger partial charge in [0.25, 0.3) is 10.2 Å². The lowest BCUT2D eigenvalue weighted by atomic mass is 9.93. The maximum absolute atomic E-state index is 13.2. The summed E-state index contributed by atoms with van der Waals surface area (Å²) in [4.78, 5) is 19.8. The van der Waals surface area contributed by atoms with Crippen molar-refractivity contribution >= 4 is 16.1 Å². The van der Waals surface area contributed by atoms with Crippen molar-refractivity contribution in [2.24, 2.45) is 5.92 Å². The van der Waals surface area contributed by atoms with Crippen LogP contribution in [-0.4, -0.2) is 90.5 Å². The molecule has 1 atom stereocenters. The molecule has 0 bridgehead atoms. The minimum Gasteiger partial charge on any atom is -0.381 e. The van der Waals surface area contributed by atoms with E-state index in [1.54, 1.807) is 4.31 Å². The van der Waals surface area contributed by atoms with Gasteiger partial charge in [-0.15, -0.1) is 0 Å². The molecule has 0 N–H and O–H groups in total. The number of likely N-dealkylation sites (tertiary alicyclic amines) is 1. The zero-order valence-electron chi connectivity index (χ0n) is 19.2. The number of hydrogen-bond donors (Lipinski definition) is 0. The Bertz CT molecular complexity index is 917. The number of carbonyl (C=O) groups is 1. The first kappa shape index (κ1) is 23.2. The molecule has 1 amide bonds. The van der Waals surface area contributed by atoms with Crippen LogP contribution in [0.25, 0.3) is 0 Å². The number of piperidine rings is 2. The molecule has 5 rings (SSSR count).